The van der Waals surface area contributed by atoms with Gasteiger partial charge in [0.25, 0.3) is 0 Å². The zero-order chi connectivity index (χ0) is 17.9. The van der Waals surface area contributed by atoms with E-state index in [0.29, 0.717) is 12.8 Å². The molecule has 1 N–H and O–H groups in total. The highest BCUT2D eigenvalue weighted by Gasteiger charge is 2.42. The van der Waals surface area contributed by atoms with E-state index in [9.17, 15) is 18.0 Å². The molecule has 2 atom stereocenters. The van der Waals surface area contributed by atoms with Gasteiger partial charge in [0.05, 0.1) is 22.7 Å². The van der Waals surface area contributed by atoms with Crippen molar-refractivity contribution in [2.75, 3.05) is 6.61 Å². The number of rotatable bonds is 5. The van der Waals surface area contributed by atoms with Gasteiger partial charge in [-0.3, -0.25) is 4.79 Å². The Morgan fingerprint density at radius 2 is 2.12 bits per heavy atom. The number of nitrogens with one attached hydrogen (secondary N) is 1. The normalized spacial score (nSPS) is 21.4. The Morgan fingerprint density at radius 3 is 2.88 bits per heavy atom. The molecule has 4 nitrogen and oxygen atoms in total. The summed E-state index contributed by atoms with van der Waals surface area (Å²) < 4.78 is 44.8. The average Bonchev–Trinajstić information content (AvgIpc) is 2.97. The van der Waals surface area contributed by atoms with Crippen molar-refractivity contribution >= 4 is 27.5 Å². The Morgan fingerprint density at radius 1 is 1.32 bits per heavy atom. The van der Waals surface area contributed by atoms with E-state index in [1.807, 2.05) is 24.3 Å². The van der Waals surface area contributed by atoms with E-state index in [0.717, 1.165) is 15.2 Å². The third-order valence-electron chi connectivity index (χ3n) is 4.30. The van der Waals surface area contributed by atoms with Crippen LogP contribution in [0.25, 0.3) is 10.2 Å². The number of hydrogen-bond donors (Lipinski definition) is 1. The van der Waals surface area contributed by atoms with Crippen molar-refractivity contribution in [3.63, 3.8) is 0 Å². The molecule has 1 fully saturated rings. The number of fused-ring (bicyclic) bond motifs is 1. The Balaban J connectivity index is 1.43. The van der Waals surface area contributed by atoms with E-state index in [2.05, 4.69) is 10.3 Å². The van der Waals surface area contributed by atoms with Crippen LogP contribution in [0.2, 0.25) is 0 Å². The van der Waals surface area contributed by atoms with Crippen molar-refractivity contribution < 1.29 is 22.7 Å². The molecular formula is C17H19F3N2O2S. The van der Waals surface area contributed by atoms with Crippen LogP contribution in [0.5, 0.6) is 0 Å². The molecule has 1 aromatic heterocycles. The van der Waals surface area contributed by atoms with Crippen molar-refractivity contribution in [3.8, 4) is 0 Å². The van der Waals surface area contributed by atoms with Crippen LogP contribution in [-0.4, -0.2) is 29.7 Å². The van der Waals surface area contributed by atoms with Gasteiger partial charge in [0.2, 0.25) is 5.91 Å². The lowest BCUT2D eigenvalue weighted by atomic mass is 9.85. The zero-order valence-electron chi connectivity index (χ0n) is 13.5. The largest absolute Gasteiger partial charge is 0.391 e. The summed E-state index contributed by atoms with van der Waals surface area (Å²) in [5.41, 5.74) is 0.885. The fourth-order valence-corrected chi connectivity index (χ4v) is 4.01. The van der Waals surface area contributed by atoms with Gasteiger partial charge >= 0.3 is 6.18 Å². The van der Waals surface area contributed by atoms with Gasteiger partial charge in [-0.25, -0.2) is 4.98 Å². The summed E-state index contributed by atoms with van der Waals surface area (Å²) >= 11 is 1.49. The molecule has 0 spiro atoms. The second kappa shape index (κ2) is 7.70. The molecule has 1 saturated carbocycles. The van der Waals surface area contributed by atoms with Crippen LogP contribution in [0.4, 0.5) is 13.2 Å². The molecule has 0 aliphatic heterocycles. The predicted molar refractivity (Wildman–Crippen MR) is 89.2 cm³/mol. The van der Waals surface area contributed by atoms with Crippen LogP contribution in [0.3, 0.4) is 0 Å². The summed E-state index contributed by atoms with van der Waals surface area (Å²) in [4.78, 5) is 16.3. The highest BCUT2D eigenvalue weighted by Crippen LogP contribution is 2.37. The molecule has 1 aliphatic carbocycles. The van der Waals surface area contributed by atoms with E-state index in [-0.39, 0.29) is 32.0 Å². The van der Waals surface area contributed by atoms with Crippen LogP contribution < -0.4 is 5.32 Å². The number of alkyl halides is 3. The number of thiazole rings is 1. The van der Waals surface area contributed by atoms with Gasteiger partial charge in [-0.15, -0.1) is 11.3 Å². The second-order valence-corrected chi connectivity index (χ2v) is 7.35. The van der Waals surface area contributed by atoms with Gasteiger partial charge in [-0.05, 0) is 31.4 Å². The number of carbonyl (C=O) groups is 1. The van der Waals surface area contributed by atoms with Crippen molar-refractivity contribution in [1.82, 2.24) is 10.3 Å². The Kier molecular flexibility index (Phi) is 5.58. The standard InChI is InChI=1S/C17H19F3N2O2S/c18-17(19,20)11-4-3-5-12(8-11)21-15(23)9-24-10-16-22-13-6-1-2-7-14(13)25-16/h1-2,6-7,11-12H,3-5,8-10H2,(H,21,23). The maximum atomic E-state index is 12.8. The number of nitrogens with zero attached hydrogens (tertiary/aromatic N) is 1. The Hall–Kier alpha value is -1.67. The van der Waals surface area contributed by atoms with E-state index >= 15 is 0 Å². The molecule has 0 saturated heterocycles. The van der Waals surface area contributed by atoms with Crippen molar-refractivity contribution in [2.45, 2.75) is 44.5 Å². The molecule has 8 heteroatoms. The summed E-state index contributed by atoms with van der Waals surface area (Å²) in [5, 5.41) is 3.42. The summed E-state index contributed by atoms with van der Waals surface area (Å²) in [7, 11) is 0. The summed E-state index contributed by atoms with van der Waals surface area (Å²) in [6, 6.07) is 7.26. The van der Waals surface area contributed by atoms with Crippen LogP contribution in [0.15, 0.2) is 24.3 Å². The van der Waals surface area contributed by atoms with E-state index in [1.54, 1.807) is 0 Å². The third kappa shape index (κ3) is 4.92. The van der Waals surface area contributed by atoms with Gasteiger partial charge in [-0.1, -0.05) is 18.6 Å². The quantitative estimate of drug-likeness (QED) is 0.861. The minimum atomic E-state index is -4.19. The highest BCUT2D eigenvalue weighted by molar-refractivity contribution is 7.18. The van der Waals surface area contributed by atoms with Gasteiger partial charge in [0.15, 0.2) is 0 Å². The first-order chi connectivity index (χ1) is 11.9. The van der Waals surface area contributed by atoms with Crippen molar-refractivity contribution in [1.29, 1.82) is 0 Å². The minimum absolute atomic E-state index is 0.0485. The summed E-state index contributed by atoms with van der Waals surface area (Å²) in [6.45, 7) is 0.0335. The lowest BCUT2D eigenvalue weighted by Gasteiger charge is -2.30. The average molecular weight is 372 g/mol. The number of ether oxygens (including phenoxy) is 1. The minimum Gasteiger partial charge on any atom is -0.364 e. The van der Waals surface area contributed by atoms with E-state index in [1.165, 1.54) is 11.3 Å². The molecule has 2 aromatic rings. The molecule has 1 heterocycles. The maximum absolute atomic E-state index is 12.8. The van der Waals surface area contributed by atoms with Crippen LogP contribution in [-0.2, 0) is 16.1 Å². The van der Waals surface area contributed by atoms with Gasteiger partial charge in [0.1, 0.15) is 11.6 Å². The molecule has 25 heavy (non-hydrogen) atoms. The first-order valence-corrected chi connectivity index (χ1v) is 9.02. The highest BCUT2D eigenvalue weighted by atomic mass is 32.1. The maximum Gasteiger partial charge on any atom is 0.391 e. The number of carbonyl (C=O) groups excluding carboxylic acids is 1. The van der Waals surface area contributed by atoms with Crippen LogP contribution >= 0.6 is 11.3 Å². The smallest absolute Gasteiger partial charge is 0.364 e. The lowest BCUT2D eigenvalue weighted by molar-refractivity contribution is -0.184. The molecule has 1 aromatic carbocycles. The van der Waals surface area contributed by atoms with Crippen molar-refractivity contribution in [3.05, 3.63) is 29.3 Å². The monoisotopic (exact) mass is 372 g/mol. The third-order valence-corrected chi connectivity index (χ3v) is 5.31. The topological polar surface area (TPSA) is 51.2 Å². The van der Waals surface area contributed by atoms with Crippen LogP contribution in [0.1, 0.15) is 30.7 Å². The van der Waals surface area contributed by atoms with Gasteiger partial charge in [-0.2, -0.15) is 13.2 Å². The van der Waals surface area contributed by atoms with Gasteiger partial charge in [0, 0.05) is 6.04 Å². The fourth-order valence-electron chi connectivity index (χ4n) is 3.10. The van der Waals surface area contributed by atoms with Crippen molar-refractivity contribution in [2.24, 2.45) is 5.92 Å². The van der Waals surface area contributed by atoms with Crippen LogP contribution in [0, 0.1) is 5.92 Å². The number of benzene rings is 1. The second-order valence-electron chi connectivity index (χ2n) is 6.24. The molecule has 3 rings (SSSR count). The molecule has 136 valence electrons. The van der Waals surface area contributed by atoms with E-state index < -0.39 is 18.1 Å². The first kappa shape index (κ1) is 18.1. The number of halogens is 3. The molecule has 1 amide bonds. The Labute approximate surface area is 147 Å². The molecular weight excluding hydrogens is 353 g/mol. The fraction of sp³-hybridized carbons (Fsp3) is 0.529. The number of aromatic nitrogens is 1. The SMILES string of the molecule is O=C(COCc1nc2ccccc2s1)NC1CCCC(C(F)(F)F)C1. The number of amides is 1. The Bertz CT molecular complexity index is 699. The number of hydrogen-bond acceptors (Lipinski definition) is 4. The zero-order valence-corrected chi connectivity index (χ0v) is 14.3. The first-order valence-electron chi connectivity index (χ1n) is 8.20. The van der Waals surface area contributed by atoms with Gasteiger partial charge < -0.3 is 10.1 Å². The molecule has 2 unspecified atom stereocenters. The summed E-state index contributed by atoms with van der Waals surface area (Å²) in [5.74, 6) is -1.70. The molecule has 0 bridgehead atoms. The lowest BCUT2D eigenvalue weighted by Crippen LogP contribution is -2.42. The predicted octanol–water partition coefficient (Wildman–Crippen LogP) is 4.05. The molecule has 1 aliphatic rings. The number of para-hydroxylation sites is 1. The van der Waals surface area contributed by atoms with E-state index in [4.69, 9.17) is 4.74 Å². The molecule has 0 radical (unpaired) electrons. The summed E-state index contributed by atoms with van der Waals surface area (Å²) in [6.07, 6.45) is -3.04.